The van der Waals surface area contributed by atoms with Crippen molar-refractivity contribution in [1.82, 2.24) is 15.0 Å². The van der Waals surface area contributed by atoms with Gasteiger partial charge in [-0.1, -0.05) is 45.4 Å². The van der Waals surface area contributed by atoms with Crippen LogP contribution in [0, 0.1) is 6.92 Å². The molecular formula is C26H29ClF3N3. The van der Waals surface area contributed by atoms with Gasteiger partial charge in [0.1, 0.15) is 0 Å². The highest BCUT2D eigenvalue weighted by molar-refractivity contribution is 6.31. The number of hydrogen-bond donors (Lipinski definition) is 0. The lowest BCUT2D eigenvalue weighted by atomic mass is 9.93. The average Bonchev–Trinajstić information content (AvgIpc) is 2.74. The fraction of sp³-hybridized carbons (Fsp3) is 0.423. The molecule has 33 heavy (non-hydrogen) atoms. The standard InChI is InChI=1S/C26H29ClF3N3/c1-15(2)23-22(27)11-9-20(32-23)14-18(5)25-21(26(28,29)30)10-8-19(33-25)13-17(4)24-16(3)7-6-12-31-24/h6-12,15,17-18H,13-14H2,1-5H3. The van der Waals surface area contributed by atoms with Gasteiger partial charge in [0.25, 0.3) is 0 Å². The van der Waals surface area contributed by atoms with Crippen LogP contribution in [0.5, 0.6) is 0 Å². The second-order valence-electron chi connectivity index (χ2n) is 8.97. The van der Waals surface area contributed by atoms with E-state index < -0.39 is 17.7 Å². The van der Waals surface area contributed by atoms with Gasteiger partial charge in [-0.15, -0.1) is 0 Å². The van der Waals surface area contributed by atoms with Gasteiger partial charge in [0.2, 0.25) is 0 Å². The third-order valence-electron chi connectivity index (χ3n) is 5.78. The summed E-state index contributed by atoms with van der Waals surface area (Å²) in [5, 5.41) is 0.566. The Bertz CT molecular complexity index is 1110. The van der Waals surface area contributed by atoms with E-state index in [0.717, 1.165) is 23.0 Å². The zero-order chi connectivity index (χ0) is 24.3. The molecule has 0 aromatic carbocycles. The third kappa shape index (κ3) is 6.11. The molecule has 2 atom stereocenters. The number of pyridine rings is 3. The number of halogens is 4. The van der Waals surface area contributed by atoms with Crippen molar-refractivity contribution in [3.8, 4) is 0 Å². The molecule has 0 fully saturated rings. The number of rotatable bonds is 7. The maximum Gasteiger partial charge on any atom is 0.418 e. The largest absolute Gasteiger partial charge is 0.418 e. The molecule has 0 aliphatic heterocycles. The summed E-state index contributed by atoms with van der Waals surface area (Å²) in [6, 6.07) is 10.0. The minimum absolute atomic E-state index is 0.0325. The van der Waals surface area contributed by atoms with E-state index in [4.69, 9.17) is 11.6 Å². The molecule has 0 saturated heterocycles. The minimum Gasteiger partial charge on any atom is -0.261 e. The van der Waals surface area contributed by atoms with E-state index in [2.05, 4.69) is 15.0 Å². The van der Waals surface area contributed by atoms with E-state index in [9.17, 15) is 13.2 Å². The van der Waals surface area contributed by atoms with Crippen LogP contribution in [0.1, 0.15) is 85.0 Å². The van der Waals surface area contributed by atoms with Crippen LogP contribution in [0.15, 0.2) is 42.6 Å². The number of aromatic nitrogens is 3. The van der Waals surface area contributed by atoms with Gasteiger partial charge in [-0.2, -0.15) is 13.2 Å². The van der Waals surface area contributed by atoms with Crippen LogP contribution in [-0.4, -0.2) is 15.0 Å². The summed E-state index contributed by atoms with van der Waals surface area (Å²) in [4.78, 5) is 13.6. The van der Waals surface area contributed by atoms with Crippen molar-refractivity contribution < 1.29 is 13.2 Å². The van der Waals surface area contributed by atoms with Gasteiger partial charge in [0.15, 0.2) is 0 Å². The Morgan fingerprint density at radius 1 is 0.818 bits per heavy atom. The van der Waals surface area contributed by atoms with Gasteiger partial charge >= 0.3 is 6.18 Å². The Balaban J connectivity index is 1.92. The molecule has 176 valence electrons. The molecule has 3 aromatic rings. The molecule has 0 aliphatic carbocycles. The lowest BCUT2D eigenvalue weighted by molar-refractivity contribution is -0.138. The van der Waals surface area contributed by atoms with Gasteiger partial charge in [-0.25, -0.2) is 0 Å². The van der Waals surface area contributed by atoms with E-state index in [0.29, 0.717) is 29.3 Å². The maximum absolute atomic E-state index is 13.8. The van der Waals surface area contributed by atoms with Crippen LogP contribution in [0.25, 0.3) is 0 Å². The summed E-state index contributed by atoms with van der Waals surface area (Å²) < 4.78 is 41.4. The van der Waals surface area contributed by atoms with Crippen molar-refractivity contribution in [2.24, 2.45) is 0 Å². The monoisotopic (exact) mass is 475 g/mol. The third-order valence-corrected chi connectivity index (χ3v) is 6.10. The Hall–Kier alpha value is -2.47. The number of nitrogens with zero attached hydrogens (tertiary/aromatic N) is 3. The molecule has 3 nitrogen and oxygen atoms in total. The smallest absolute Gasteiger partial charge is 0.261 e. The molecule has 7 heteroatoms. The molecule has 2 unspecified atom stereocenters. The molecule has 0 aliphatic rings. The van der Waals surface area contributed by atoms with Crippen molar-refractivity contribution >= 4 is 11.6 Å². The summed E-state index contributed by atoms with van der Waals surface area (Å²) in [7, 11) is 0. The first-order valence-electron chi connectivity index (χ1n) is 11.1. The summed E-state index contributed by atoms with van der Waals surface area (Å²) in [6.45, 7) is 9.73. The highest BCUT2D eigenvalue weighted by Gasteiger charge is 2.36. The van der Waals surface area contributed by atoms with Crippen molar-refractivity contribution in [2.45, 2.75) is 71.4 Å². The Kier molecular flexibility index (Phi) is 7.78. The molecule has 0 N–H and O–H groups in total. The van der Waals surface area contributed by atoms with Crippen LogP contribution in [0.2, 0.25) is 5.02 Å². The molecule has 0 spiro atoms. The molecule has 3 aromatic heterocycles. The molecule has 3 heterocycles. The quantitative estimate of drug-likeness (QED) is 0.352. The number of aryl methyl sites for hydroxylation is 1. The van der Waals surface area contributed by atoms with E-state index in [1.165, 1.54) is 6.07 Å². The zero-order valence-corrected chi connectivity index (χ0v) is 20.3. The van der Waals surface area contributed by atoms with Crippen LogP contribution < -0.4 is 0 Å². The molecular weight excluding hydrogens is 447 g/mol. The normalized spacial score (nSPS) is 13.9. The predicted molar refractivity (Wildman–Crippen MR) is 126 cm³/mol. The summed E-state index contributed by atoms with van der Waals surface area (Å²) in [5.74, 6) is -0.316. The van der Waals surface area contributed by atoms with E-state index in [1.807, 2.05) is 39.8 Å². The Labute approximate surface area is 198 Å². The van der Waals surface area contributed by atoms with Crippen molar-refractivity contribution in [1.29, 1.82) is 0 Å². The average molecular weight is 476 g/mol. The van der Waals surface area contributed by atoms with Crippen LogP contribution in [0.3, 0.4) is 0 Å². The van der Waals surface area contributed by atoms with Crippen molar-refractivity contribution in [2.75, 3.05) is 0 Å². The number of hydrogen-bond acceptors (Lipinski definition) is 3. The van der Waals surface area contributed by atoms with Crippen LogP contribution in [0.4, 0.5) is 13.2 Å². The summed E-state index contributed by atoms with van der Waals surface area (Å²) in [6.07, 6.45) is -1.90. The lowest BCUT2D eigenvalue weighted by Gasteiger charge is -2.20. The first kappa shape index (κ1) is 25.2. The van der Waals surface area contributed by atoms with Gasteiger partial charge < -0.3 is 0 Å². The fourth-order valence-corrected chi connectivity index (χ4v) is 4.42. The first-order chi connectivity index (χ1) is 15.5. The molecule has 0 saturated carbocycles. The van der Waals surface area contributed by atoms with E-state index in [1.54, 1.807) is 25.3 Å². The predicted octanol–water partition coefficient (Wildman–Crippen LogP) is 7.67. The minimum atomic E-state index is -4.48. The molecule has 0 radical (unpaired) electrons. The fourth-order valence-electron chi connectivity index (χ4n) is 4.10. The van der Waals surface area contributed by atoms with E-state index >= 15 is 0 Å². The topological polar surface area (TPSA) is 38.7 Å². The van der Waals surface area contributed by atoms with Crippen molar-refractivity contribution in [3.63, 3.8) is 0 Å². The van der Waals surface area contributed by atoms with Crippen LogP contribution in [-0.2, 0) is 19.0 Å². The molecule has 0 amide bonds. The second-order valence-corrected chi connectivity index (χ2v) is 9.38. The Morgan fingerprint density at radius 3 is 1.97 bits per heavy atom. The SMILES string of the molecule is Cc1cccnc1C(C)Cc1ccc(C(F)(F)F)c(C(C)Cc2ccc(Cl)c(C(C)C)n2)n1. The highest BCUT2D eigenvalue weighted by atomic mass is 35.5. The highest BCUT2D eigenvalue weighted by Crippen LogP contribution is 2.36. The van der Waals surface area contributed by atoms with E-state index in [-0.39, 0.29) is 17.5 Å². The van der Waals surface area contributed by atoms with Gasteiger partial charge in [0, 0.05) is 35.1 Å². The number of alkyl halides is 3. The lowest BCUT2D eigenvalue weighted by Crippen LogP contribution is -2.16. The molecule has 0 bridgehead atoms. The van der Waals surface area contributed by atoms with Gasteiger partial charge in [0.05, 0.1) is 22.0 Å². The Morgan fingerprint density at radius 2 is 1.39 bits per heavy atom. The molecule has 3 rings (SSSR count). The summed E-state index contributed by atoms with van der Waals surface area (Å²) in [5.41, 5.74) is 3.41. The first-order valence-corrected chi connectivity index (χ1v) is 11.5. The van der Waals surface area contributed by atoms with Gasteiger partial charge in [-0.3, -0.25) is 15.0 Å². The zero-order valence-electron chi connectivity index (χ0n) is 19.5. The second kappa shape index (κ2) is 10.2. The maximum atomic E-state index is 13.8. The van der Waals surface area contributed by atoms with Crippen LogP contribution >= 0.6 is 11.6 Å². The summed E-state index contributed by atoms with van der Waals surface area (Å²) >= 11 is 6.23. The van der Waals surface area contributed by atoms with Crippen molar-refractivity contribution in [3.05, 3.63) is 87.2 Å². The van der Waals surface area contributed by atoms with Gasteiger partial charge in [-0.05, 0) is 61.6 Å².